The molecule has 0 aliphatic carbocycles. The van der Waals surface area contributed by atoms with Crippen LogP contribution in [0.25, 0.3) is 0 Å². The molecule has 0 heterocycles. The Morgan fingerprint density at radius 3 is 2.62 bits per heavy atom. The standard InChI is InChI=1S/C8H15/c1-3-5-7-8-6-4-2/h6H,3,5,7-8H2,1-2H3. The first-order valence-electron chi connectivity index (χ1n) is 3.40. The van der Waals surface area contributed by atoms with Crippen molar-refractivity contribution in [3.8, 4) is 0 Å². The Hall–Kier alpha value is -0.260. The van der Waals surface area contributed by atoms with Crippen LogP contribution in [0.4, 0.5) is 0 Å². The van der Waals surface area contributed by atoms with Gasteiger partial charge >= 0.3 is 0 Å². The third-order valence-corrected chi connectivity index (χ3v) is 1.16. The second kappa shape index (κ2) is 6.74. The van der Waals surface area contributed by atoms with E-state index in [2.05, 4.69) is 19.1 Å². The molecule has 0 heteroatoms. The third kappa shape index (κ3) is 5.74. The summed E-state index contributed by atoms with van der Waals surface area (Å²) in [5.74, 6) is 0. The van der Waals surface area contributed by atoms with Crippen LogP contribution >= 0.6 is 0 Å². The Bertz CT molecular complexity index is 53.1. The quantitative estimate of drug-likeness (QED) is 0.489. The van der Waals surface area contributed by atoms with E-state index >= 15 is 0 Å². The van der Waals surface area contributed by atoms with Crippen molar-refractivity contribution < 1.29 is 0 Å². The van der Waals surface area contributed by atoms with Crippen molar-refractivity contribution >= 4 is 0 Å². The molecule has 0 aliphatic rings. The van der Waals surface area contributed by atoms with Gasteiger partial charge in [-0.05, 0) is 19.8 Å². The Balaban J connectivity index is 2.72. The molecule has 0 aliphatic heterocycles. The van der Waals surface area contributed by atoms with Crippen LogP contribution < -0.4 is 0 Å². The van der Waals surface area contributed by atoms with Crippen LogP contribution in [0, 0.1) is 6.08 Å². The SMILES string of the molecule is C[C]=CCCCCC. The normalized spacial score (nSPS) is 10.8. The van der Waals surface area contributed by atoms with Crippen LogP contribution in [0.1, 0.15) is 39.5 Å². The lowest BCUT2D eigenvalue weighted by atomic mass is 10.2. The molecular weight excluding hydrogens is 96.1 g/mol. The Labute approximate surface area is 52.6 Å². The molecule has 0 bridgehead atoms. The average Bonchev–Trinajstić information content (AvgIpc) is 1.81. The predicted octanol–water partition coefficient (Wildman–Crippen LogP) is 2.95. The highest BCUT2D eigenvalue weighted by Gasteiger charge is 1.78. The topological polar surface area (TPSA) is 0 Å². The maximum absolute atomic E-state index is 3.00. The molecule has 47 valence electrons. The van der Waals surface area contributed by atoms with E-state index in [1.54, 1.807) is 0 Å². The number of unbranched alkanes of at least 4 members (excludes halogenated alkanes) is 3. The van der Waals surface area contributed by atoms with Gasteiger partial charge in [-0.1, -0.05) is 31.9 Å². The lowest BCUT2D eigenvalue weighted by molar-refractivity contribution is 0.728. The zero-order valence-electron chi connectivity index (χ0n) is 5.91. The van der Waals surface area contributed by atoms with E-state index in [9.17, 15) is 0 Å². The summed E-state index contributed by atoms with van der Waals surface area (Å²) in [7, 11) is 0. The van der Waals surface area contributed by atoms with Crippen molar-refractivity contribution in [3.63, 3.8) is 0 Å². The molecule has 0 amide bonds. The largest absolute Gasteiger partial charge is 0.0813 e. The summed E-state index contributed by atoms with van der Waals surface area (Å²) in [6.07, 6.45) is 10.3. The van der Waals surface area contributed by atoms with Crippen molar-refractivity contribution in [3.05, 3.63) is 12.2 Å². The molecule has 0 fully saturated rings. The highest BCUT2D eigenvalue weighted by Crippen LogP contribution is 1.98. The summed E-state index contributed by atoms with van der Waals surface area (Å²) in [5, 5.41) is 0. The maximum Gasteiger partial charge on any atom is -0.0345 e. The van der Waals surface area contributed by atoms with Gasteiger partial charge in [-0.2, -0.15) is 0 Å². The molecule has 0 nitrogen and oxygen atoms in total. The first kappa shape index (κ1) is 7.74. The number of hydrogen-bond donors (Lipinski definition) is 0. The molecule has 0 unspecified atom stereocenters. The summed E-state index contributed by atoms with van der Waals surface area (Å²) in [4.78, 5) is 0. The van der Waals surface area contributed by atoms with Gasteiger partial charge < -0.3 is 0 Å². The molecule has 0 aromatic carbocycles. The molecule has 0 atom stereocenters. The van der Waals surface area contributed by atoms with E-state index in [4.69, 9.17) is 0 Å². The van der Waals surface area contributed by atoms with E-state index in [1.165, 1.54) is 25.7 Å². The van der Waals surface area contributed by atoms with E-state index in [1.807, 2.05) is 6.92 Å². The molecule has 0 aromatic heterocycles. The van der Waals surface area contributed by atoms with Gasteiger partial charge in [0.2, 0.25) is 0 Å². The van der Waals surface area contributed by atoms with Crippen LogP contribution in [0.5, 0.6) is 0 Å². The van der Waals surface area contributed by atoms with Crippen LogP contribution in [-0.4, -0.2) is 0 Å². The highest BCUT2D eigenvalue weighted by molar-refractivity contribution is 4.68. The molecule has 0 N–H and O–H groups in total. The molecule has 0 spiro atoms. The lowest BCUT2D eigenvalue weighted by Crippen LogP contribution is -1.69. The summed E-state index contributed by atoms with van der Waals surface area (Å²) >= 11 is 0. The van der Waals surface area contributed by atoms with Gasteiger partial charge in [0.05, 0.1) is 0 Å². The maximum atomic E-state index is 3.00. The van der Waals surface area contributed by atoms with Crippen LogP contribution in [0.2, 0.25) is 0 Å². The zero-order valence-corrected chi connectivity index (χ0v) is 5.91. The smallest absolute Gasteiger partial charge is 0.0345 e. The van der Waals surface area contributed by atoms with Gasteiger partial charge in [0.15, 0.2) is 0 Å². The summed E-state index contributed by atoms with van der Waals surface area (Å²) in [6, 6.07) is 0. The van der Waals surface area contributed by atoms with Gasteiger partial charge in [0.1, 0.15) is 0 Å². The monoisotopic (exact) mass is 111 g/mol. The minimum Gasteiger partial charge on any atom is -0.0813 e. The van der Waals surface area contributed by atoms with Gasteiger partial charge in [0, 0.05) is 0 Å². The van der Waals surface area contributed by atoms with Crippen LogP contribution in [0.15, 0.2) is 6.08 Å². The Morgan fingerprint density at radius 1 is 1.38 bits per heavy atom. The molecule has 8 heavy (non-hydrogen) atoms. The van der Waals surface area contributed by atoms with Crippen LogP contribution in [0.3, 0.4) is 0 Å². The fraction of sp³-hybridized carbons (Fsp3) is 0.750. The zero-order chi connectivity index (χ0) is 6.24. The van der Waals surface area contributed by atoms with Gasteiger partial charge in [-0.25, -0.2) is 0 Å². The highest BCUT2D eigenvalue weighted by atomic mass is 13.8. The molecule has 0 rings (SSSR count). The number of hydrogen-bond acceptors (Lipinski definition) is 0. The van der Waals surface area contributed by atoms with Crippen molar-refractivity contribution in [1.29, 1.82) is 0 Å². The van der Waals surface area contributed by atoms with E-state index < -0.39 is 0 Å². The first-order valence-corrected chi connectivity index (χ1v) is 3.40. The van der Waals surface area contributed by atoms with Crippen LogP contribution in [-0.2, 0) is 0 Å². The first-order chi connectivity index (χ1) is 3.91. The van der Waals surface area contributed by atoms with Gasteiger partial charge in [-0.3, -0.25) is 0 Å². The second-order valence-corrected chi connectivity index (χ2v) is 1.99. The minimum absolute atomic E-state index is 1.21. The summed E-state index contributed by atoms with van der Waals surface area (Å²) < 4.78 is 0. The lowest BCUT2D eigenvalue weighted by Gasteiger charge is -1.88. The van der Waals surface area contributed by atoms with Crippen molar-refractivity contribution in [2.24, 2.45) is 0 Å². The van der Waals surface area contributed by atoms with E-state index in [0.29, 0.717) is 0 Å². The minimum atomic E-state index is 1.21. The predicted molar refractivity (Wildman–Crippen MR) is 37.6 cm³/mol. The van der Waals surface area contributed by atoms with Gasteiger partial charge in [-0.15, -0.1) is 0 Å². The molecule has 0 aromatic rings. The summed E-state index contributed by atoms with van der Waals surface area (Å²) in [6.45, 7) is 4.17. The fourth-order valence-electron chi connectivity index (χ4n) is 0.641. The van der Waals surface area contributed by atoms with Crippen molar-refractivity contribution in [2.75, 3.05) is 0 Å². The van der Waals surface area contributed by atoms with E-state index in [0.717, 1.165) is 0 Å². The fourth-order valence-corrected chi connectivity index (χ4v) is 0.641. The average molecular weight is 111 g/mol. The number of allylic oxidation sites excluding steroid dienone is 2. The van der Waals surface area contributed by atoms with E-state index in [-0.39, 0.29) is 0 Å². The molecule has 0 saturated heterocycles. The van der Waals surface area contributed by atoms with Gasteiger partial charge in [0.25, 0.3) is 0 Å². The second-order valence-electron chi connectivity index (χ2n) is 1.99. The Kier molecular flexibility index (Phi) is 6.52. The summed E-state index contributed by atoms with van der Waals surface area (Å²) in [5.41, 5.74) is 0. The number of rotatable bonds is 4. The third-order valence-electron chi connectivity index (χ3n) is 1.16. The molecular formula is C8H15. The van der Waals surface area contributed by atoms with Crippen molar-refractivity contribution in [1.82, 2.24) is 0 Å². The Morgan fingerprint density at radius 2 is 2.12 bits per heavy atom. The van der Waals surface area contributed by atoms with Crippen molar-refractivity contribution in [2.45, 2.75) is 39.5 Å². The molecule has 0 saturated carbocycles. The molecule has 1 radical (unpaired) electrons.